The molecule has 0 aliphatic carbocycles. The van der Waals surface area contributed by atoms with E-state index in [1.807, 2.05) is 29.2 Å². The lowest BCUT2D eigenvalue weighted by Gasteiger charge is -2.39. The van der Waals surface area contributed by atoms with Crippen molar-refractivity contribution in [2.75, 3.05) is 52.1 Å². The summed E-state index contributed by atoms with van der Waals surface area (Å²) in [5.41, 5.74) is 10.9. The van der Waals surface area contributed by atoms with Gasteiger partial charge in [0.2, 0.25) is 5.91 Å². The highest BCUT2D eigenvalue weighted by molar-refractivity contribution is 7.98. The van der Waals surface area contributed by atoms with Crippen LogP contribution in [0.25, 0.3) is 11.1 Å². The number of nitrogens with two attached hydrogens (primary N) is 1. The monoisotopic (exact) mass is 662 g/mol. The molecule has 1 atom stereocenters. The van der Waals surface area contributed by atoms with Gasteiger partial charge in [-0.15, -0.1) is 24.2 Å². The second-order valence-corrected chi connectivity index (χ2v) is 13.1. The summed E-state index contributed by atoms with van der Waals surface area (Å²) in [6.07, 6.45) is 4.78. The van der Waals surface area contributed by atoms with Crippen LogP contribution in [0.5, 0.6) is 5.75 Å². The van der Waals surface area contributed by atoms with Gasteiger partial charge in [-0.1, -0.05) is 47.5 Å². The minimum absolute atomic E-state index is 0. The highest BCUT2D eigenvalue weighted by Crippen LogP contribution is 2.32. The summed E-state index contributed by atoms with van der Waals surface area (Å²) in [5, 5.41) is 11.2. The molecule has 0 bridgehead atoms. The number of nitrogens with zero attached hydrogens (tertiary/aromatic N) is 3. The van der Waals surface area contributed by atoms with Crippen LogP contribution in [0, 0.1) is 5.92 Å². The lowest BCUT2D eigenvalue weighted by Crippen LogP contribution is -2.55. The molecule has 6 nitrogen and oxygen atoms in total. The summed E-state index contributed by atoms with van der Waals surface area (Å²) in [4.78, 5) is 21.5. The smallest absolute Gasteiger partial charge is 0.239 e. The molecule has 0 saturated carbocycles. The fourth-order valence-electron chi connectivity index (χ4n) is 6.21. The van der Waals surface area contributed by atoms with E-state index >= 15 is 0 Å². The molecular weight excluding hydrogens is 623 g/mol. The number of amides is 1. The number of aromatic hydroxyl groups is 1. The maximum absolute atomic E-state index is 13.3. The zero-order valence-electron chi connectivity index (χ0n) is 24.6. The fraction of sp³-hybridized carbons (Fsp3) is 0.424. The zero-order chi connectivity index (χ0) is 29.6. The molecule has 3 aromatic rings. The van der Waals surface area contributed by atoms with Crippen LogP contribution in [0.4, 0.5) is 0 Å². The Morgan fingerprint density at radius 1 is 0.930 bits per heavy atom. The van der Waals surface area contributed by atoms with Crippen LogP contribution in [0.3, 0.4) is 0 Å². The van der Waals surface area contributed by atoms with E-state index in [1.165, 1.54) is 16.5 Å². The molecule has 3 aromatic carbocycles. The molecule has 2 fully saturated rings. The van der Waals surface area contributed by atoms with Crippen molar-refractivity contribution in [3.63, 3.8) is 0 Å². The average molecular weight is 664 g/mol. The van der Waals surface area contributed by atoms with Gasteiger partial charge in [0.15, 0.2) is 0 Å². The number of carbonyl (C=O) groups excluding carboxylic acids is 1. The van der Waals surface area contributed by atoms with E-state index in [0.29, 0.717) is 10.0 Å². The number of likely N-dealkylation sites (tertiary alicyclic amines) is 1. The van der Waals surface area contributed by atoms with Crippen molar-refractivity contribution in [2.45, 2.75) is 36.7 Å². The Bertz CT molecular complexity index is 1360. The maximum atomic E-state index is 13.3. The van der Waals surface area contributed by atoms with Gasteiger partial charge in [0.1, 0.15) is 5.75 Å². The number of piperidine rings is 1. The van der Waals surface area contributed by atoms with Crippen LogP contribution in [0.2, 0.25) is 10.0 Å². The first kappa shape index (κ1) is 33.9. The molecule has 1 amide bonds. The third kappa shape index (κ3) is 8.82. The van der Waals surface area contributed by atoms with Gasteiger partial charge in [0, 0.05) is 54.2 Å². The summed E-state index contributed by atoms with van der Waals surface area (Å²) in [6.45, 7) is 6.86. The molecule has 43 heavy (non-hydrogen) atoms. The lowest BCUT2D eigenvalue weighted by molar-refractivity contribution is -0.136. The topological polar surface area (TPSA) is 73.0 Å². The van der Waals surface area contributed by atoms with Crippen molar-refractivity contribution < 1.29 is 9.90 Å². The molecule has 1 unspecified atom stereocenters. The van der Waals surface area contributed by atoms with Gasteiger partial charge in [-0.05, 0) is 103 Å². The van der Waals surface area contributed by atoms with E-state index in [9.17, 15) is 9.90 Å². The van der Waals surface area contributed by atoms with E-state index in [-0.39, 0.29) is 30.0 Å². The largest absolute Gasteiger partial charge is 0.508 e. The molecule has 0 aromatic heterocycles. The number of rotatable bonds is 9. The number of phenols is 1. The van der Waals surface area contributed by atoms with Gasteiger partial charge in [-0.2, -0.15) is 0 Å². The molecule has 2 aliphatic rings. The highest BCUT2D eigenvalue weighted by Gasteiger charge is 2.32. The number of benzene rings is 3. The van der Waals surface area contributed by atoms with Gasteiger partial charge < -0.3 is 20.6 Å². The minimum Gasteiger partial charge on any atom is -0.508 e. The Morgan fingerprint density at radius 3 is 2.35 bits per heavy atom. The number of thioether (sulfide) groups is 1. The molecule has 5 rings (SSSR count). The summed E-state index contributed by atoms with van der Waals surface area (Å²) in [6, 6.07) is 19.1. The summed E-state index contributed by atoms with van der Waals surface area (Å²) >= 11 is 14.3. The Balaban J connectivity index is 0.00000423. The zero-order valence-corrected chi connectivity index (χ0v) is 27.7. The molecular formula is C33H41Cl3N4O2S. The number of hydrogen-bond acceptors (Lipinski definition) is 6. The molecule has 2 aliphatic heterocycles. The molecule has 0 radical (unpaired) electrons. The van der Waals surface area contributed by atoms with Gasteiger partial charge in [-0.3, -0.25) is 9.69 Å². The standard InChI is InChI=1S/C33H40Cl2N4O2S.ClH/c1-42-31-5-3-2-4-25(31)22-38-14-16-39(17-15-38)33(41)32(36)23-8-11-37(12-9-23)13-10-24-18-27(34)6-7-30(24)26-19-28(35)21-29(40)20-26;/h2-7,18-21,23,32,40H,8-17,22,36H2,1H3;1H. The Labute approximate surface area is 275 Å². The predicted octanol–water partition coefficient (Wildman–Crippen LogP) is 6.44. The first-order valence-electron chi connectivity index (χ1n) is 14.7. The molecule has 10 heteroatoms. The molecule has 3 N–H and O–H groups in total. The number of piperazine rings is 1. The van der Waals surface area contributed by atoms with Gasteiger partial charge >= 0.3 is 0 Å². The van der Waals surface area contributed by atoms with Gasteiger partial charge in [-0.25, -0.2) is 0 Å². The van der Waals surface area contributed by atoms with Crippen molar-refractivity contribution in [1.82, 2.24) is 14.7 Å². The Hall–Kier alpha value is -1.97. The summed E-state index contributed by atoms with van der Waals surface area (Å²) in [5.74, 6) is 0.451. The van der Waals surface area contributed by atoms with Gasteiger partial charge in [0.05, 0.1) is 6.04 Å². The van der Waals surface area contributed by atoms with E-state index < -0.39 is 6.04 Å². The van der Waals surface area contributed by atoms with Crippen LogP contribution < -0.4 is 5.73 Å². The van der Waals surface area contributed by atoms with Crippen LogP contribution in [0.15, 0.2) is 65.6 Å². The summed E-state index contributed by atoms with van der Waals surface area (Å²) in [7, 11) is 0. The molecule has 232 valence electrons. The van der Waals surface area contributed by atoms with E-state index in [0.717, 1.165) is 88.3 Å². The number of carbonyl (C=O) groups is 1. The van der Waals surface area contributed by atoms with Gasteiger partial charge in [0.25, 0.3) is 0 Å². The third-order valence-electron chi connectivity index (χ3n) is 8.65. The Kier molecular flexibility index (Phi) is 12.5. The van der Waals surface area contributed by atoms with Crippen molar-refractivity contribution in [3.05, 3.63) is 81.8 Å². The van der Waals surface area contributed by atoms with Crippen LogP contribution >= 0.6 is 47.4 Å². The predicted molar refractivity (Wildman–Crippen MR) is 182 cm³/mol. The van der Waals surface area contributed by atoms with Crippen LogP contribution in [0.1, 0.15) is 24.0 Å². The van der Waals surface area contributed by atoms with Crippen molar-refractivity contribution in [3.8, 4) is 16.9 Å². The van der Waals surface area contributed by atoms with Crippen LogP contribution in [-0.4, -0.2) is 83.8 Å². The number of halogens is 3. The molecule has 2 saturated heterocycles. The van der Waals surface area contributed by atoms with Crippen molar-refractivity contribution in [1.29, 1.82) is 0 Å². The highest BCUT2D eigenvalue weighted by atomic mass is 35.5. The van der Waals surface area contributed by atoms with Crippen molar-refractivity contribution >= 4 is 53.3 Å². The van der Waals surface area contributed by atoms with Crippen LogP contribution in [-0.2, 0) is 17.8 Å². The van der Waals surface area contributed by atoms with E-state index in [1.54, 1.807) is 17.8 Å². The normalized spacial score (nSPS) is 17.4. The molecule has 0 spiro atoms. The SMILES string of the molecule is CSc1ccccc1CN1CCN(C(=O)C(N)C2CCN(CCc3cc(Cl)ccc3-c3cc(O)cc(Cl)c3)CC2)CC1.Cl. The second kappa shape index (κ2) is 15.8. The Morgan fingerprint density at radius 2 is 1.65 bits per heavy atom. The first-order valence-corrected chi connectivity index (χ1v) is 16.7. The van der Waals surface area contributed by atoms with E-state index in [2.05, 4.69) is 40.3 Å². The average Bonchev–Trinajstić information content (AvgIpc) is 3.00. The number of hydrogen-bond donors (Lipinski definition) is 2. The summed E-state index contributed by atoms with van der Waals surface area (Å²) < 4.78 is 0. The molecule has 2 heterocycles. The first-order chi connectivity index (χ1) is 20.3. The minimum atomic E-state index is -0.439. The fourth-order valence-corrected chi connectivity index (χ4v) is 7.24. The number of phenolic OH excluding ortho intramolecular Hbond substituents is 1. The quantitative estimate of drug-likeness (QED) is 0.257. The van der Waals surface area contributed by atoms with Crippen molar-refractivity contribution in [2.24, 2.45) is 11.7 Å². The second-order valence-electron chi connectivity index (χ2n) is 11.4. The lowest BCUT2D eigenvalue weighted by atomic mass is 9.88. The maximum Gasteiger partial charge on any atom is 0.239 e. The third-order valence-corrected chi connectivity index (χ3v) is 9.95. The van der Waals surface area contributed by atoms with E-state index in [4.69, 9.17) is 28.9 Å².